The van der Waals surface area contributed by atoms with Crippen LogP contribution in [0.15, 0.2) is 0 Å². The molecule has 0 saturated carbocycles. The summed E-state index contributed by atoms with van der Waals surface area (Å²) in [6, 6.07) is 0. The predicted molar refractivity (Wildman–Crippen MR) is 64.5 cm³/mol. The molecule has 18 heavy (non-hydrogen) atoms. The van der Waals surface area contributed by atoms with Gasteiger partial charge in [0.15, 0.2) is 0 Å². The van der Waals surface area contributed by atoms with E-state index in [0.29, 0.717) is 23.9 Å². The molecule has 2 aliphatic rings. The number of hydrogen-bond donors (Lipinski definition) is 0. The smallest absolute Gasteiger partial charge is 0.315 e. The maximum absolute atomic E-state index is 12.2. The van der Waals surface area contributed by atoms with Crippen molar-refractivity contribution in [1.82, 2.24) is 8.61 Å². The van der Waals surface area contributed by atoms with Gasteiger partial charge in [0.25, 0.3) is 5.12 Å². The van der Waals surface area contributed by atoms with Gasteiger partial charge >= 0.3 is 16.1 Å². The van der Waals surface area contributed by atoms with Gasteiger partial charge in [0.2, 0.25) is 0 Å². The van der Waals surface area contributed by atoms with Crippen LogP contribution < -0.4 is 0 Å². The van der Waals surface area contributed by atoms with Crippen LogP contribution in [-0.2, 0) is 24.5 Å². The fourth-order valence-electron chi connectivity index (χ4n) is 1.70. The lowest BCUT2D eigenvalue weighted by atomic mass is 10.5. The molecule has 2 aliphatic heterocycles. The number of nitrogens with zero attached hydrogens (tertiary/aromatic N) is 2. The average Bonchev–Trinajstić information content (AvgIpc) is 2.54. The fraction of sp³-hybridized carbons (Fsp3) is 0.667. The molecule has 0 spiro atoms. The highest BCUT2D eigenvalue weighted by molar-refractivity contribution is 8.17. The van der Waals surface area contributed by atoms with Gasteiger partial charge in [-0.2, -0.15) is 12.7 Å². The maximum Gasteiger partial charge on any atom is 0.315 e. The van der Waals surface area contributed by atoms with E-state index in [1.165, 1.54) is 4.31 Å². The average molecular weight is 293 g/mol. The molecule has 1 radical (unpaired) electrons. The summed E-state index contributed by atoms with van der Waals surface area (Å²) >= 11 is 0.751. The van der Waals surface area contributed by atoms with Crippen molar-refractivity contribution in [3.63, 3.8) is 0 Å². The highest BCUT2D eigenvalue weighted by atomic mass is 32.2. The van der Waals surface area contributed by atoms with Crippen LogP contribution >= 0.6 is 11.8 Å². The monoisotopic (exact) mass is 293 g/mol. The molecule has 1 amide bonds. The fourth-order valence-corrected chi connectivity index (χ4v) is 3.86. The molecule has 0 aromatic rings. The molecule has 0 aromatic heterocycles. The third kappa shape index (κ3) is 2.68. The summed E-state index contributed by atoms with van der Waals surface area (Å²) in [4.78, 5) is 23.1. The second kappa shape index (κ2) is 5.55. The molecule has 0 aromatic carbocycles. The van der Waals surface area contributed by atoms with E-state index in [1.54, 1.807) is 5.75 Å². The van der Waals surface area contributed by atoms with Gasteiger partial charge in [0, 0.05) is 25.4 Å². The lowest BCUT2D eigenvalue weighted by Gasteiger charge is -2.30. The Kier molecular flexibility index (Phi) is 4.25. The quantitative estimate of drug-likeness (QED) is 0.621. The van der Waals surface area contributed by atoms with Gasteiger partial charge in [0.1, 0.15) is 0 Å². The van der Waals surface area contributed by atoms with Crippen LogP contribution in [0.4, 0.5) is 0 Å². The zero-order chi connectivity index (χ0) is 13.2. The largest absolute Gasteiger partial charge is 0.379 e. The summed E-state index contributed by atoms with van der Waals surface area (Å²) in [5.74, 6) is 0.579. The Bertz CT molecular complexity index is 444. The van der Waals surface area contributed by atoms with Crippen LogP contribution in [0.1, 0.15) is 6.42 Å². The molecule has 2 heterocycles. The molecule has 101 valence electrons. The van der Waals surface area contributed by atoms with Crippen LogP contribution in [-0.4, -0.2) is 60.9 Å². The van der Waals surface area contributed by atoms with Crippen LogP contribution in [0, 0.1) is 5.75 Å². The van der Waals surface area contributed by atoms with Gasteiger partial charge in [-0.3, -0.25) is 9.59 Å². The summed E-state index contributed by atoms with van der Waals surface area (Å²) in [7, 11) is -3.91. The van der Waals surface area contributed by atoms with Gasteiger partial charge in [0.05, 0.1) is 13.2 Å². The molecule has 0 bridgehead atoms. The SMILES string of the molecule is O=C1S[CH]CCN(S(=O)(=O)N2CCOCC2)C1=O. The number of morpholine rings is 1. The minimum atomic E-state index is -3.91. The second-order valence-electron chi connectivity index (χ2n) is 3.76. The van der Waals surface area contributed by atoms with Crippen molar-refractivity contribution in [2.45, 2.75) is 6.42 Å². The van der Waals surface area contributed by atoms with Crippen molar-refractivity contribution < 1.29 is 22.7 Å². The molecule has 0 atom stereocenters. The number of rotatable bonds is 2. The molecule has 9 heteroatoms. The van der Waals surface area contributed by atoms with Gasteiger partial charge in [-0.05, 0) is 6.42 Å². The molecule has 0 aliphatic carbocycles. The lowest BCUT2D eigenvalue weighted by Crippen LogP contribution is -2.51. The van der Waals surface area contributed by atoms with Crippen LogP contribution in [0.3, 0.4) is 0 Å². The van der Waals surface area contributed by atoms with Crippen molar-refractivity contribution >= 4 is 33.0 Å². The first-order valence-corrected chi connectivity index (χ1v) is 7.73. The van der Waals surface area contributed by atoms with E-state index in [0.717, 1.165) is 11.8 Å². The molecular formula is C9H13N2O5S2. The van der Waals surface area contributed by atoms with Crippen molar-refractivity contribution in [3.05, 3.63) is 5.75 Å². The Hall–Kier alpha value is -0.640. The Morgan fingerprint density at radius 1 is 1.17 bits per heavy atom. The highest BCUT2D eigenvalue weighted by Crippen LogP contribution is 2.21. The second-order valence-corrected chi connectivity index (χ2v) is 6.55. The van der Waals surface area contributed by atoms with Crippen molar-refractivity contribution in [2.75, 3.05) is 32.8 Å². The minimum Gasteiger partial charge on any atom is -0.379 e. The van der Waals surface area contributed by atoms with Gasteiger partial charge < -0.3 is 4.74 Å². The summed E-state index contributed by atoms with van der Waals surface area (Å²) in [5.41, 5.74) is 0. The third-order valence-electron chi connectivity index (χ3n) is 2.62. The number of carbonyl (C=O) groups is 2. The minimum absolute atomic E-state index is 0.0112. The van der Waals surface area contributed by atoms with Gasteiger partial charge in [-0.15, -0.1) is 0 Å². The number of thioether (sulfide) groups is 1. The number of hydrogen-bond acceptors (Lipinski definition) is 6. The predicted octanol–water partition coefficient (Wildman–Crippen LogP) is -0.783. The van der Waals surface area contributed by atoms with Crippen molar-refractivity contribution in [2.24, 2.45) is 0 Å². The van der Waals surface area contributed by atoms with Crippen LogP contribution in [0.5, 0.6) is 0 Å². The third-order valence-corrected chi connectivity index (χ3v) is 5.33. The first kappa shape index (κ1) is 13.8. The van der Waals surface area contributed by atoms with Crippen molar-refractivity contribution in [3.8, 4) is 0 Å². The lowest BCUT2D eigenvalue weighted by molar-refractivity contribution is -0.136. The Morgan fingerprint density at radius 2 is 1.83 bits per heavy atom. The van der Waals surface area contributed by atoms with E-state index in [9.17, 15) is 18.0 Å². The molecular weight excluding hydrogens is 280 g/mol. The van der Waals surface area contributed by atoms with E-state index in [-0.39, 0.29) is 19.6 Å². The normalized spacial score (nSPS) is 24.1. The molecule has 2 fully saturated rings. The molecule has 2 rings (SSSR count). The molecule has 0 N–H and O–H groups in total. The zero-order valence-corrected chi connectivity index (χ0v) is 11.2. The van der Waals surface area contributed by atoms with Gasteiger partial charge in [-0.25, -0.2) is 4.31 Å². The van der Waals surface area contributed by atoms with Crippen molar-refractivity contribution in [1.29, 1.82) is 0 Å². The van der Waals surface area contributed by atoms with Crippen LogP contribution in [0.25, 0.3) is 0 Å². The summed E-state index contributed by atoms with van der Waals surface area (Å²) in [6.45, 7) is 1.03. The Morgan fingerprint density at radius 3 is 2.50 bits per heavy atom. The van der Waals surface area contributed by atoms with Crippen LogP contribution in [0.2, 0.25) is 0 Å². The number of amides is 1. The van der Waals surface area contributed by atoms with E-state index < -0.39 is 21.2 Å². The molecule has 0 unspecified atom stereocenters. The summed E-state index contributed by atoms with van der Waals surface area (Å²) in [5, 5.41) is -0.760. The number of ether oxygens (including phenoxy) is 1. The Balaban J connectivity index is 2.21. The standard InChI is InChI=1S/C9H13N2O5S2/c12-8-9(13)17-7-1-2-11(8)18(14,15)10-3-5-16-6-4-10/h7H,1-6H2. The maximum atomic E-state index is 12.2. The molecule has 2 saturated heterocycles. The van der Waals surface area contributed by atoms with E-state index in [4.69, 9.17) is 4.74 Å². The molecule has 7 nitrogen and oxygen atoms in total. The highest BCUT2D eigenvalue weighted by Gasteiger charge is 2.38. The zero-order valence-electron chi connectivity index (χ0n) is 9.57. The topological polar surface area (TPSA) is 84.0 Å². The Labute approximate surface area is 110 Å². The van der Waals surface area contributed by atoms with E-state index in [2.05, 4.69) is 0 Å². The summed E-state index contributed by atoms with van der Waals surface area (Å²) in [6.07, 6.45) is 0.367. The summed E-state index contributed by atoms with van der Waals surface area (Å²) < 4.78 is 31.4. The first-order valence-electron chi connectivity index (χ1n) is 5.45. The number of carbonyl (C=O) groups excluding carboxylic acids is 2. The van der Waals surface area contributed by atoms with E-state index >= 15 is 0 Å². The first-order chi connectivity index (χ1) is 8.53. The van der Waals surface area contributed by atoms with E-state index in [1.807, 2.05) is 0 Å². The van der Waals surface area contributed by atoms with Gasteiger partial charge in [-0.1, -0.05) is 11.8 Å².